The van der Waals surface area contributed by atoms with Crippen molar-refractivity contribution in [1.29, 1.82) is 0 Å². The molecule has 166 valence electrons. The minimum atomic E-state index is -3.37. The van der Waals surface area contributed by atoms with E-state index in [1.807, 2.05) is 0 Å². The van der Waals surface area contributed by atoms with Gasteiger partial charge in [-0.3, -0.25) is 4.79 Å². The Kier molecular flexibility index (Phi) is 6.40. The normalized spacial score (nSPS) is 15.6. The van der Waals surface area contributed by atoms with Crippen molar-refractivity contribution >= 4 is 15.7 Å². The molecule has 0 radical (unpaired) electrons. The van der Waals surface area contributed by atoms with Gasteiger partial charge in [0.25, 0.3) is 11.8 Å². The highest BCUT2D eigenvalue weighted by molar-refractivity contribution is 7.93. The Morgan fingerprint density at radius 3 is 2.42 bits per heavy atom. The summed E-state index contributed by atoms with van der Waals surface area (Å²) in [6.45, 7) is 0.667. The number of halogens is 3. The van der Waals surface area contributed by atoms with E-state index in [1.165, 1.54) is 18.2 Å². The fourth-order valence-electron chi connectivity index (χ4n) is 2.82. The Balaban J connectivity index is 1.87. The Morgan fingerprint density at radius 2 is 1.87 bits per heavy atom. The summed E-state index contributed by atoms with van der Waals surface area (Å²) >= 11 is 0. The minimum Gasteiger partial charge on any atom is -0.438 e. The molecule has 3 rings (SSSR count). The van der Waals surface area contributed by atoms with Gasteiger partial charge in [0.2, 0.25) is 5.88 Å². The average Bonchev–Trinajstić information content (AvgIpc) is 3.50. The second kappa shape index (κ2) is 8.70. The molecule has 0 unspecified atom stereocenters. The fraction of sp³-hybridized carbons (Fsp3) is 0.333. The molecule has 2 aromatic rings. The number of pyridine rings is 1. The van der Waals surface area contributed by atoms with Crippen LogP contribution in [0.2, 0.25) is 0 Å². The first-order valence-electron chi connectivity index (χ1n) is 9.44. The summed E-state index contributed by atoms with van der Waals surface area (Å²) in [4.78, 5) is 16.6. The zero-order valence-corrected chi connectivity index (χ0v) is 17.6. The highest BCUT2D eigenvalue weighted by Gasteiger charge is 2.33. The number of hydrogen-bond acceptors (Lipinski definition) is 5. The number of sulfone groups is 1. The average molecular weight is 454 g/mol. The standard InChI is InChI=1S/C21H21F3N2O4S/c1-21(23,24)16-9-10-18(26-20(16)30-15-7-5-14(22)6-8-15)19(27)25-17(13-3-4-13)11-12-31(2,28)29/h5-13,17H,3-4H2,1-2H3,(H,25,27)/b12-11+/t17-/m1/s1. The number of benzene rings is 1. The lowest BCUT2D eigenvalue weighted by Crippen LogP contribution is -2.35. The molecule has 6 nitrogen and oxygen atoms in total. The number of carbonyl (C=O) groups excluding carboxylic acids is 1. The molecule has 1 aliphatic rings. The number of ether oxygens (including phenoxy) is 1. The number of aromatic nitrogens is 1. The molecule has 0 bridgehead atoms. The van der Waals surface area contributed by atoms with E-state index in [9.17, 15) is 26.4 Å². The predicted octanol–water partition coefficient (Wildman–Crippen LogP) is 4.19. The SMILES string of the molecule is CC(F)(F)c1ccc(C(=O)N[C@H](/C=C/S(C)(=O)=O)C2CC2)nc1Oc1ccc(F)cc1. The first-order chi connectivity index (χ1) is 14.4. The van der Waals surface area contributed by atoms with Gasteiger partial charge in [-0.25, -0.2) is 26.6 Å². The first kappa shape index (κ1) is 22.8. The maximum absolute atomic E-state index is 14.0. The molecule has 1 N–H and O–H groups in total. The smallest absolute Gasteiger partial charge is 0.275 e. The summed E-state index contributed by atoms with van der Waals surface area (Å²) in [5.74, 6) is -4.80. The van der Waals surface area contributed by atoms with Crippen molar-refractivity contribution in [3.05, 3.63) is 65.0 Å². The van der Waals surface area contributed by atoms with Crippen LogP contribution in [0.5, 0.6) is 11.6 Å². The largest absolute Gasteiger partial charge is 0.438 e. The number of amides is 1. The summed E-state index contributed by atoms with van der Waals surface area (Å²) in [5, 5.41) is 3.70. The van der Waals surface area contributed by atoms with Crippen molar-refractivity contribution in [2.24, 2.45) is 5.92 Å². The van der Waals surface area contributed by atoms with Gasteiger partial charge in [0, 0.05) is 18.6 Å². The topological polar surface area (TPSA) is 85.4 Å². The Labute approximate surface area is 178 Å². The van der Waals surface area contributed by atoms with Crippen LogP contribution in [0.4, 0.5) is 13.2 Å². The maximum atomic E-state index is 14.0. The van der Waals surface area contributed by atoms with Gasteiger partial charge in [0.05, 0.1) is 11.6 Å². The molecule has 1 heterocycles. The second-order valence-corrected chi connectivity index (χ2v) is 9.42. The summed E-state index contributed by atoms with van der Waals surface area (Å²) in [6, 6.07) is 6.36. The molecular weight excluding hydrogens is 433 g/mol. The summed E-state index contributed by atoms with van der Waals surface area (Å²) in [7, 11) is -3.37. The van der Waals surface area contributed by atoms with Crippen molar-refractivity contribution in [2.45, 2.75) is 31.7 Å². The van der Waals surface area contributed by atoms with Crippen molar-refractivity contribution in [2.75, 3.05) is 6.26 Å². The highest BCUT2D eigenvalue weighted by Crippen LogP contribution is 2.36. The zero-order chi connectivity index (χ0) is 22.8. The van der Waals surface area contributed by atoms with Gasteiger partial charge >= 0.3 is 0 Å². The molecule has 0 saturated heterocycles. The van der Waals surface area contributed by atoms with E-state index >= 15 is 0 Å². The van der Waals surface area contributed by atoms with Gasteiger partial charge in [-0.05, 0) is 55.2 Å². The van der Waals surface area contributed by atoms with Crippen LogP contribution in [0.1, 0.15) is 35.8 Å². The van der Waals surface area contributed by atoms with Crippen molar-refractivity contribution < 1.29 is 31.1 Å². The van der Waals surface area contributed by atoms with Crippen LogP contribution in [-0.2, 0) is 15.8 Å². The van der Waals surface area contributed by atoms with Crippen LogP contribution >= 0.6 is 0 Å². The predicted molar refractivity (Wildman–Crippen MR) is 108 cm³/mol. The number of hydrogen-bond donors (Lipinski definition) is 1. The molecule has 1 aliphatic carbocycles. The minimum absolute atomic E-state index is 0.0731. The fourth-order valence-corrected chi connectivity index (χ4v) is 3.28. The van der Waals surface area contributed by atoms with Gasteiger partial charge in [0.1, 0.15) is 17.3 Å². The third-order valence-corrected chi connectivity index (χ3v) is 5.21. The molecule has 1 atom stereocenters. The van der Waals surface area contributed by atoms with Crippen molar-refractivity contribution in [3.8, 4) is 11.6 Å². The van der Waals surface area contributed by atoms with Crippen LogP contribution in [0, 0.1) is 11.7 Å². The van der Waals surface area contributed by atoms with Crippen LogP contribution in [0.25, 0.3) is 0 Å². The van der Waals surface area contributed by atoms with Crippen LogP contribution in [0.15, 0.2) is 47.9 Å². The summed E-state index contributed by atoms with van der Waals surface area (Å²) in [6.07, 6.45) is 4.09. The monoisotopic (exact) mass is 454 g/mol. The third-order valence-electron chi connectivity index (χ3n) is 4.55. The molecule has 31 heavy (non-hydrogen) atoms. The van der Waals surface area contributed by atoms with E-state index in [-0.39, 0.29) is 17.4 Å². The molecule has 10 heteroatoms. The van der Waals surface area contributed by atoms with E-state index in [1.54, 1.807) is 0 Å². The number of nitrogens with zero attached hydrogens (tertiary/aromatic N) is 1. The van der Waals surface area contributed by atoms with Crippen LogP contribution in [0.3, 0.4) is 0 Å². The number of rotatable bonds is 8. The molecule has 0 spiro atoms. The molecule has 1 aromatic carbocycles. The summed E-state index contributed by atoms with van der Waals surface area (Å²) in [5.41, 5.74) is -0.715. The Hall–Kier alpha value is -2.88. The van der Waals surface area contributed by atoms with E-state index in [0.717, 1.165) is 48.8 Å². The molecule has 1 fully saturated rings. The van der Waals surface area contributed by atoms with Crippen LogP contribution < -0.4 is 10.1 Å². The van der Waals surface area contributed by atoms with E-state index in [0.29, 0.717) is 6.92 Å². The van der Waals surface area contributed by atoms with Gasteiger partial charge < -0.3 is 10.1 Å². The molecule has 1 amide bonds. The van der Waals surface area contributed by atoms with Gasteiger partial charge in [0.15, 0.2) is 9.84 Å². The molecule has 1 aromatic heterocycles. The van der Waals surface area contributed by atoms with E-state index < -0.39 is 45.0 Å². The Bertz CT molecular complexity index is 1090. The third kappa shape index (κ3) is 6.55. The summed E-state index contributed by atoms with van der Waals surface area (Å²) < 4.78 is 69.3. The molecular formula is C21H21F3N2O4S. The van der Waals surface area contributed by atoms with Gasteiger partial charge in [-0.15, -0.1) is 0 Å². The first-order valence-corrected chi connectivity index (χ1v) is 11.4. The van der Waals surface area contributed by atoms with Crippen LogP contribution in [-0.4, -0.2) is 31.6 Å². The lowest BCUT2D eigenvalue weighted by molar-refractivity contribution is 0.0149. The number of alkyl halides is 2. The van der Waals surface area contributed by atoms with Crippen molar-refractivity contribution in [3.63, 3.8) is 0 Å². The number of nitrogens with one attached hydrogen (secondary N) is 1. The quantitative estimate of drug-likeness (QED) is 0.647. The van der Waals surface area contributed by atoms with Gasteiger partial charge in [-0.2, -0.15) is 0 Å². The lowest BCUT2D eigenvalue weighted by Gasteiger charge is -2.18. The lowest BCUT2D eigenvalue weighted by atomic mass is 10.1. The second-order valence-electron chi connectivity index (χ2n) is 7.49. The number of carbonyl (C=O) groups is 1. The highest BCUT2D eigenvalue weighted by atomic mass is 32.2. The molecule has 1 saturated carbocycles. The van der Waals surface area contributed by atoms with Crippen molar-refractivity contribution in [1.82, 2.24) is 10.3 Å². The Morgan fingerprint density at radius 1 is 1.23 bits per heavy atom. The maximum Gasteiger partial charge on any atom is 0.275 e. The zero-order valence-electron chi connectivity index (χ0n) is 16.8. The molecule has 0 aliphatic heterocycles. The van der Waals surface area contributed by atoms with E-state index in [4.69, 9.17) is 4.74 Å². The van der Waals surface area contributed by atoms with E-state index in [2.05, 4.69) is 10.3 Å². The van der Waals surface area contributed by atoms with Gasteiger partial charge in [-0.1, -0.05) is 6.08 Å².